The maximum Gasteiger partial charge on any atom is 0.337 e. The number of methoxy groups -OCH3 is 1. The second-order valence-electron chi connectivity index (χ2n) is 5.83. The summed E-state index contributed by atoms with van der Waals surface area (Å²) in [5.74, 6) is 0.0165. The molecule has 0 saturated carbocycles. The molecule has 1 aliphatic rings. The number of fused-ring (bicyclic) bond motifs is 1. The fourth-order valence-corrected chi connectivity index (χ4v) is 3.09. The predicted molar refractivity (Wildman–Crippen MR) is 90.4 cm³/mol. The third-order valence-electron chi connectivity index (χ3n) is 4.30. The molecule has 0 atom stereocenters. The normalized spacial score (nSPS) is 14.1. The van der Waals surface area contributed by atoms with Crippen molar-refractivity contribution in [1.82, 2.24) is 0 Å². The van der Waals surface area contributed by atoms with Gasteiger partial charge in [-0.2, -0.15) is 0 Å². The molecule has 0 aliphatic heterocycles. The molecule has 1 aliphatic carbocycles. The first-order chi connectivity index (χ1) is 11.2. The van der Waals surface area contributed by atoms with Gasteiger partial charge in [-0.15, -0.1) is 0 Å². The van der Waals surface area contributed by atoms with Gasteiger partial charge in [0.25, 0.3) is 0 Å². The van der Waals surface area contributed by atoms with Crippen LogP contribution in [0.15, 0.2) is 54.1 Å². The van der Waals surface area contributed by atoms with Crippen molar-refractivity contribution in [2.75, 3.05) is 7.11 Å². The van der Waals surface area contributed by atoms with E-state index >= 15 is 0 Å². The van der Waals surface area contributed by atoms with E-state index in [0.717, 1.165) is 42.4 Å². The molecule has 0 bridgehead atoms. The van der Waals surface area contributed by atoms with Gasteiger partial charge in [-0.05, 0) is 54.5 Å². The highest BCUT2D eigenvalue weighted by molar-refractivity contribution is 5.90. The third-order valence-corrected chi connectivity index (χ3v) is 4.30. The largest absolute Gasteiger partial charge is 0.507 e. The number of carbonyl (C=O) groups excluding carboxylic acids is 1. The fourth-order valence-electron chi connectivity index (χ4n) is 3.09. The van der Waals surface area contributed by atoms with Crippen molar-refractivity contribution in [3.8, 4) is 0 Å². The molecule has 0 unspecified atom stereocenters. The zero-order valence-corrected chi connectivity index (χ0v) is 13.2. The summed E-state index contributed by atoms with van der Waals surface area (Å²) in [6.07, 6.45) is 3.43. The molecule has 2 aromatic carbocycles. The van der Waals surface area contributed by atoms with Gasteiger partial charge in [-0.3, -0.25) is 0 Å². The molecule has 23 heavy (non-hydrogen) atoms. The van der Waals surface area contributed by atoms with E-state index in [1.807, 2.05) is 30.3 Å². The molecule has 1 N–H and O–H groups in total. The first kappa shape index (κ1) is 15.3. The SMILES string of the molecule is COC(=O)c1ccc2c(c1)CCCC(Cc1ccccc1)=C2O. The molecular weight excluding hydrogens is 288 g/mol. The van der Waals surface area contributed by atoms with Crippen molar-refractivity contribution in [3.05, 3.63) is 76.4 Å². The molecule has 0 spiro atoms. The molecule has 0 aromatic heterocycles. The van der Waals surface area contributed by atoms with Gasteiger partial charge in [-0.1, -0.05) is 36.4 Å². The number of hydrogen-bond donors (Lipinski definition) is 1. The summed E-state index contributed by atoms with van der Waals surface area (Å²) >= 11 is 0. The maximum atomic E-state index is 11.7. The second kappa shape index (κ2) is 6.69. The van der Waals surface area contributed by atoms with Crippen molar-refractivity contribution < 1.29 is 14.6 Å². The number of aliphatic hydroxyl groups is 1. The highest BCUT2D eigenvalue weighted by Gasteiger charge is 2.18. The molecule has 0 amide bonds. The number of aryl methyl sites for hydroxylation is 1. The Hall–Kier alpha value is -2.55. The summed E-state index contributed by atoms with van der Waals surface area (Å²) < 4.78 is 4.77. The molecule has 0 saturated heterocycles. The first-order valence-corrected chi connectivity index (χ1v) is 7.85. The standard InChI is InChI=1S/C20H20O3/c1-23-20(22)17-10-11-18-15(13-17)8-5-9-16(19(18)21)12-14-6-3-2-4-7-14/h2-4,6-7,10-11,13,21H,5,8-9,12H2,1H3. The minimum atomic E-state index is -0.343. The summed E-state index contributed by atoms with van der Waals surface area (Å²) in [5.41, 5.74) is 4.63. The summed E-state index contributed by atoms with van der Waals surface area (Å²) in [6, 6.07) is 15.6. The van der Waals surface area contributed by atoms with Crippen LogP contribution in [0.1, 0.15) is 39.9 Å². The van der Waals surface area contributed by atoms with Crippen molar-refractivity contribution >= 4 is 11.7 Å². The second-order valence-corrected chi connectivity index (χ2v) is 5.83. The Morgan fingerprint density at radius 1 is 1.13 bits per heavy atom. The van der Waals surface area contributed by atoms with Crippen LogP contribution >= 0.6 is 0 Å². The van der Waals surface area contributed by atoms with E-state index in [4.69, 9.17) is 4.74 Å². The molecular formula is C20H20O3. The van der Waals surface area contributed by atoms with Gasteiger partial charge in [0.05, 0.1) is 12.7 Å². The number of rotatable bonds is 3. The van der Waals surface area contributed by atoms with Crippen molar-refractivity contribution in [3.63, 3.8) is 0 Å². The average molecular weight is 308 g/mol. The number of hydrogen-bond acceptors (Lipinski definition) is 3. The lowest BCUT2D eigenvalue weighted by atomic mass is 9.98. The van der Waals surface area contributed by atoms with Crippen molar-refractivity contribution in [1.29, 1.82) is 0 Å². The molecule has 2 aromatic rings. The molecule has 3 heteroatoms. The van der Waals surface area contributed by atoms with E-state index in [2.05, 4.69) is 12.1 Å². The summed E-state index contributed by atoms with van der Waals surface area (Å²) in [6.45, 7) is 0. The lowest BCUT2D eigenvalue weighted by Gasteiger charge is -2.11. The Labute approximate surface area is 136 Å². The van der Waals surface area contributed by atoms with Crippen LogP contribution in [-0.2, 0) is 17.6 Å². The minimum Gasteiger partial charge on any atom is -0.507 e. The van der Waals surface area contributed by atoms with E-state index in [1.165, 1.54) is 12.7 Å². The van der Waals surface area contributed by atoms with Gasteiger partial charge in [0.1, 0.15) is 5.76 Å². The fraction of sp³-hybridized carbons (Fsp3) is 0.250. The van der Waals surface area contributed by atoms with E-state index < -0.39 is 0 Å². The molecule has 0 fully saturated rings. The number of esters is 1. The molecule has 0 heterocycles. The molecule has 3 nitrogen and oxygen atoms in total. The highest BCUT2D eigenvalue weighted by Crippen LogP contribution is 2.31. The van der Waals surface area contributed by atoms with Crippen molar-refractivity contribution in [2.24, 2.45) is 0 Å². The zero-order chi connectivity index (χ0) is 16.2. The Bertz CT molecular complexity index is 745. The topological polar surface area (TPSA) is 46.5 Å². The lowest BCUT2D eigenvalue weighted by Crippen LogP contribution is -2.03. The number of carbonyl (C=O) groups is 1. The van der Waals surface area contributed by atoms with Crippen LogP contribution in [0.2, 0.25) is 0 Å². The van der Waals surface area contributed by atoms with Crippen LogP contribution < -0.4 is 0 Å². The zero-order valence-electron chi connectivity index (χ0n) is 13.2. The van der Waals surface area contributed by atoms with E-state index in [9.17, 15) is 9.90 Å². The maximum absolute atomic E-state index is 11.7. The van der Waals surface area contributed by atoms with Crippen LogP contribution in [0.25, 0.3) is 5.76 Å². The van der Waals surface area contributed by atoms with Crippen LogP contribution in [0, 0.1) is 0 Å². The van der Waals surface area contributed by atoms with Crippen LogP contribution in [0.3, 0.4) is 0 Å². The Morgan fingerprint density at radius 3 is 2.65 bits per heavy atom. The molecule has 118 valence electrons. The van der Waals surface area contributed by atoms with Gasteiger partial charge in [-0.25, -0.2) is 4.79 Å². The van der Waals surface area contributed by atoms with Gasteiger partial charge in [0, 0.05) is 5.56 Å². The quantitative estimate of drug-likeness (QED) is 0.859. The Kier molecular flexibility index (Phi) is 4.47. The summed E-state index contributed by atoms with van der Waals surface area (Å²) in [5, 5.41) is 10.7. The number of aliphatic hydroxyl groups excluding tert-OH is 1. The lowest BCUT2D eigenvalue weighted by molar-refractivity contribution is 0.0600. The van der Waals surface area contributed by atoms with Gasteiger partial charge in [0.15, 0.2) is 0 Å². The number of ether oxygens (including phenoxy) is 1. The summed E-state index contributed by atoms with van der Waals surface area (Å²) in [4.78, 5) is 11.7. The Balaban J connectivity index is 1.95. The minimum absolute atomic E-state index is 0.343. The van der Waals surface area contributed by atoms with Crippen molar-refractivity contribution in [2.45, 2.75) is 25.7 Å². The van der Waals surface area contributed by atoms with Gasteiger partial charge in [0.2, 0.25) is 0 Å². The average Bonchev–Trinajstić information content (AvgIpc) is 2.74. The van der Waals surface area contributed by atoms with E-state index in [1.54, 1.807) is 6.07 Å². The Morgan fingerprint density at radius 2 is 1.91 bits per heavy atom. The van der Waals surface area contributed by atoms with Crippen LogP contribution in [0.4, 0.5) is 0 Å². The van der Waals surface area contributed by atoms with Gasteiger partial charge >= 0.3 is 5.97 Å². The monoisotopic (exact) mass is 308 g/mol. The predicted octanol–water partition coefficient (Wildman–Crippen LogP) is 4.32. The van der Waals surface area contributed by atoms with Gasteiger partial charge < -0.3 is 9.84 Å². The van der Waals surface area contributed by atoms with E-state index in [0.29, 0.717) is 11.3 Å². The molecule has 3 rings (SSSR count). The van der Waals surface area contributed by atoms with E-state index in [-0.39, 0.29) is 5.97 Å². The third kappa shape index (κ3) is 3.29. The number of allylic oxidation sites excluding steroid dienone is 1. The van der Waals surface area contributed by atoms with Crippen LogP contribution in [0.5, 0.6) is 0 Å². The summed E-state index contributed by atoms with van der Waals surface area (Å²) in [7, 11) is 1.38. The van der Waals surface area contributed by atoms with Crippen LogP contribution in [-0.4, -0.2) is 18.2 Å². The molecule has 0 radical (unpaired) electrons. The number of benzene rings is 2. The smallest absolute Gasteiger partial charge is 0.337 e. The highest BCUT2D eigenvalue weighted by atomic mass is 16.5. The first-order valence-electron chi connectivity index (χ1n) is 7.85.